The van der Waals surface area contributed by atoms with Crippen molar-refractivity contribution < 1.29 is 13.5 Å². The van der Waals surface area contributed by atoms with Gasteiger partial charge in [-0.3, -0.25) is 0 Å². The Morgan fingerprint density at radius 3 is 2.48 bits per heavy atom. The minimum absolute atomic E-state index is 0.00685. The highest BCUT2D eigenvalue weighted by atomic mass is 35.5. The summed E-state index contributed by atoms with van der Waals surface area (Å²) >= 11 is 5.87. The Hall–Kier alpha value is -1.65. The Kier molecular flexibility index (Phi) is 5.53. The van der Waals surface area contributed by atoms with Crippen molar-refractivity contribution in [3.8, 4) is 5.75 Å². The van der Waals surface area contributed by atoms with Gasteiger partial charge in [0.2, 0.25) is 0 Å². The van der Waals surface area contributed by atoms with E-state index in [1.165, 1.54) is 6.07 Å². The van der Waals surface area contributed by atoms with Gasteiger partial charge in [-0.25, -0.2) is 0 Å². The minimum atomic E-state index is -2.82. The Morgan fingerprint density at radius 2 is 1.86 bits per heavy atom. The molecule has 1 unspecified atom stereocenters. The molecule has 0 spiro atoms. The molecule has 2 rings (SSSR count). The van der Waals surface area contributed by atoms with E-state index < -0.39 is 6.61 Å². The van der Waals surface area contributed by atoms with E-state index in [1.807, 2.05) is 37.4 Å². The van der Waals surface area contributed by atoms with E-state index in [4.69, 9.17) is 11.6 Å². The molecule has 0 fully saturated rings. The second kappa shape index (κ2) is 7.38. The molecule has 1 atom stereocenters. The summed E-state index contributed by atoms with van der Waals surface area (Å²) in [7, 11) is 1.83. The lowest BCUT2D eigenvalue weighted by Crippen LogP contribution is -2.19. The van der Waals surface area contributed by atoms with Gasteiger partial charge in [0.25, 0.3) is 0 Å². The zero-order chi connectivity index (χ0) is 15.2. The van der Waals surface area contributed by atoms with Gasteiger partial charge in [0, 0.05) is 11.1 Å². The van der Waals surface area contributed by atoms with Crippen LogP contribution in [0.2, 0.25) is 5.02 Å². The van der Waals surface area contributed by atoms with Crippen molar-refractivity contribution in [1.29, 1.82) is 0 Å². The third-order valence-electron chi connectivity index (χ3n) is 3.19. The topological polar surface area (TPSA) is 21.3 Å². The average Bonchev–Trinajstić information content (AvgIpc) is 2.46. The van der Waals surface area contributed by atoms with E-state index in [9.17, 15) is 8.78 Å². The maximum Gasteiger partial charge on any atom is 0.387 e. The van der Waals surface area contributed by atoms with Crippen LogP contribution in [0, 0.1) is 0 Å². The fourth-order valence-electron chi connectivity index (χ4n) is 2.15. The first-order chi connectivity index (χ1) is 10.1. The lowest BCUT2D eigenvalue weighted by molar-refractivity contribution is -0.0499. The molecule has 0 radical (unpaired) electrons. The molecule has 1 N–H and O–H groups in total. The van der Waals surface area contributed by atoms with Crippen molar-refractivity contribution in [3.05, 3.63) is 64.7 Å². The van der Waals surface area contributed by atoms with Crippen molar-refractivity contribution >= 4 is 11.6 Å². The maximum absolute atomic E-state index is 12.3. The molecule has 0 bridgehead atoms. The molecule has 5 heteroatoms. The molecule has 0 heterocycles. The number of halogens is 3. The number of likely N-dealkylation sites (N-methyl/N-ethyl adjacent to an activating group) is 1. The van der Waals surface area contributed by atoms with E-state index in [-0.39, 0.29) is 11.8 Å². The predicted octanol–water partition coefficient (Wildman–Crippen LogP) is 4.44. The van der Waals surface area contributed by atoms with Crippen molar-refractivity contribution in [3.63, 3.8) is 0 Å². The number of ether oxygens (including phenoxy) is 1. The fourth-order valence-corrected chi connectivity index (χ4v) is 2.28. The first-order valence-corrected chi connectivity index (χ1v) is 6.93. The van der Waals surface area contributed by atoms with Crippen LogP contribution in [-0.4, -0.2) is 13.7 Å². The number of hydrogen-bond donors (Lipinski definition) is 1. The van der Waals surface area contributed by atoms with Gasteiger partial charge in [-0.05, 0) is 48.9 Å². The predicted molar refractivity (Wildman–Crippen MR) is 80.0 cm³/mol. The molecule has 2 aromatic carbocycles. The first-order valence-electron chi connectivity index (χ1n) is 6.55. The third-order valence-corrected chi connectivity index (χ3v) is 3.44. The zero-order valence-corrected chi connectivity index (χ0v) is 12.3. The van der Waals surface area contributed by atoms with Crippen LogP contribution in [0.3, 0.4) is 0 Å². The molecule has 2 aromatic rings. The Labute approximate surface area is 127 Å². The van der Waals surface area contributed by atoms with Crippen molar-refractivity contribution in [2.75, 3.05) is 7.05 Å². The van der Waals surface area contributed by atoms with Gasteiger partial charge in [-0.1, -0.05) is 35.9 Å². The number of nitrogens with one attached hydrogen (secondary N) is 1. The second-order valence-electron chi connectivity index (χ2n) is 4.62. The summed E-state index contributed by atoms with van der Waals surface area (Å²) in [6.45, 7) is -2.82. The average molecular weight is 312 g/mol. The van der Waals surface area contributed by atoms with Crippen LogP contribution < -0.4 is 10.1 Å². The molecule has 0 aliphatic heterocycles. The van der Waals surface area contributed by atoms with E-state index in [0.29, 0.717) is 5.02 Å². The molecule has 0 aliphatic rings. The van der Waals surface area contributed by atoms with Gasteiger partial charge >= 0.3 is 6.61 Å². The highest BCUT2D eigenvalue weighted by Crippen LogP contribution is 2.24. The van der Waals surface area contributed by atoms with Crippen molar-refractivity contribution in [2.24, 2.45) is 0 Å². The molecule has 112 valence electrons. The molecular formula is C16H16ClF2NO. The number of hydrogen-bond acceptors (Lipinski definition) is 2. The van der Waals surface area contributed by atoms with Crippen LogP contribution in [0.1, 0.15) is 17.2 Å². The Morgan fingerprint density at radius 1 is 1.14 bits per heavy atom. The van der Waals surface area contributed by atoms with Gasteiger partial charge in [0.15, 0.2) is 0 Å². The molecule has 0 saturated carbocycles. The largest absolute Gasteiger partial charge is 0.435 e. The van der Waals surface area contributed by atoms with Gasteiger partial charge in [0.05, 0.1) is 0 Å². The lowest BCUT2D eigenvalue weighted by atomic mass is 9.99. The van der Waals surface area contributed by atoms with Crippen molar-refractivity contribution in [1.82, 2.24) is 5.32 Å². The van der Waals surface area contributed by atoms with Gasteiger partial charge in [-0.15, -0.1) is 0 Å². The SMILES string of the molecule is CNC(Cc1ccc(Cl)cc1)c1cccc(OC(F)F)c1. The molecule has 2 nitrogen and oxygen atoms in total. The van der Waals surface area contributed by atoms with Crippen LogP contribution in [0.5, 0.6) is 5.75 Å². The van der Waals surface area contributed by atoms with Crippen LogP contribution in [0.25, 0.3) is 0 Å². The molecule has 0 aliphatic carbocycles. The normalized spacial score (nSPS) is 12.4. The lowest BCUT2D eigenvalue weighted by Gasteiger charge is -2.18. The molecule has 0 amide bonds. The van der Waals surface area contributed by atoms with E-state index in [1.54, 1.807) is 12.1 Å². The summed E-state index contributed by atoms with van der Waals surface area (Å²) in [5.41, 5.74) is 2.00. The van der Waals surface area contributed by atoms with Crippen LogP contribution in [0.4, 0.5) is 8.78 Å². The fraction of sp³-hybridized carbons (Fsp3) is 0.250. The summed E-state index contributed by atoms with van der Waals surface area (Å²) in [5, 5.41) is 3.87. The highest BCUT2D eigenvalue weighted by Gasteiger charge is 2.12. The quantitative estimate of drug-likeness (QED) is 0.851. The highest BCUT2D eigenvalue weighted by molar-refractivity contribution is 6.30. The second-order valence-corrected chi connectivity index (χ2v) is 5.06. The number of benzene rings is 2. The zero-order valence-electron chi connectivity index (χ0n) is 11.5. The van der Waals surface area contributed by atoms with Gasteiger partial charge in [-0.2, -0.15) is 8.78 Å². The minimum Gasteiger partial charge on any atom is -0.435 e. The van der Waals surface area contributed by atoms with Crippen LogP contribution in [-0.2, 0) is 6.42 Å². The van der Waals surface area contributed by atoms with Crippen LogP contribution >= 0.6 is 11.6 Å². The smallest absolute Gasteiger partial charge is 0.387 e. The summed E-state index contributed by atoms with van der Waals surface area (Å²) in [6.07, 6.45) is 0.728. The molecule has 0 saturated heterocycles. The van der Waals surface area contributed by atoms with Crippen molar-refractivity contribution in [2.45, 2.75) is 19.1 Å². The van der Waals surface area contributed by atoms with Crippen LogP contribution in [0.15, 0.2) is 48.5 Å². The number of rotatable bonds is 6. The first kappa shape index (κ1) is 15.7. The number of alkyl halides is 2. The van der Waals surface area contributed by atoms with Gasteiger partial charge < -0.3 is 10.1 Å². The van der Waals surface area contributed by atoms with E-state index >= 15 is 0 Å². The Bertz CT molecular complexity index is 575. The van der Waals surface area contributed by atoms with E-state index in [0.717, 1.165) is 17.5 Å². The third kappa shape index (κ3) is 4.69. The summed E-state index contributed by atoms with van der Waals surface area (Å²) in [4.78, 5) is 0. The Balaban J connectivity index is 2.15. The standard InChI is InChI=1S/C16H16ClF2NO/c1-20-15(9-11-5-7-13(17)8-6-11)12-3-2-4-14(10-12)21-16(18)19/h2-8,10,15-16,20H,9H2,1H3. The summed E-state index contributed by atoms with van der Waals surface area (Å²) in [5.74, 6) is 0.166. The van der Waals surface area contributed by atoms with Gasteiger partial charge in [0.1, 0.15) is 5.75 Å². The van der Waals surface area contributed by atoms with E-state index in [2.05, 4.69) is 10.1 Å². The molecular weight excluding hydrogens is 296 g/mol. The monoisotopic (exact) mass is 311 g/mol. The summed E-state index contributed by atoms with van der Waals surface area (Å²) < 4.78 is 29.0. The molecule has 0 aromatic heterocycles. The summed E-state index contributed by atoms with van der Waals surface area (Å²) in [6, 6.07) is 14.3. The molecule has 21 heavy (non-hydrogen) atoms. The maximum atomic E-state index is 12.3.